The van der Waals surface area contributed by atoms with Gasteiger partial charge in [-0.2, -0.15) is 0 Å². The van der Waals surface area contributed by atoms with Gasteiger partial charge in [0.25, 0.3) is 0 Å². The molecule has 2 N–H and O–H groups in total. The maximum Gasteiger partial charge on any atom is 0.326 e. The number of nitrogens with one attached hydrogen (secondary N) is 2. The highest BCUT2D eigenvalue weighted by atomic mass is 19.1. The maximum atomic E-state index is 13.4. The number of piperidine rings is 1. The molecular weight excluding hydrogens is 409 g/mol. The van der Waals surface area contributed by atoms with Crippen LogP contribution in [0.5, 0.6) is 0 Å². The number of aromatic nitrogens is 2. The number of rotatable bonds is 5. The summed E-state index contributed by atoms with van der Waals surface area (Å²) in [4.78, 5) is 32.6. The molecule has 0 radical (unpaired) electrons. The van der Waals surface area contributed by atoms with E-state index in [1.807, 2.05) is 28.8 Å². The zero-order chi connectivity index (χ0) is 22.3. The van der Waals surface area contributed by atoms with Crippen LogP contribution in [-0.4, -0.2) is 52.2 Å². The number of hydrogen-bond acceptors (Lipinski definition) is 4. The molecule has 2 aromatic carbocycles. The van der Waals surface area contributed by atoms with E-state index in [2.05, 4.69) is 27.0 Å². The summed E-state index contributed by atoms with van der Waals surface area (Å²) in [6.07, 6.45) is 1.44. The van der Waals surface area contributed by atoms with Crippen LogP contribution in [0.3, 0.4) is 0 Å². The third kappa shape index (κ3) is 3.58. The summed E-state index contributed by atoms with van der Waals surface area (Å²) in [6.45, 7) is 5.72. The fourth-order valence-electron chi connectivity index (χ4n) is 5.25. The molecule has 168 valence electrons. The monoisotopic (exact) mass is 437 g/mol. The Morgan fingerprint density at radius 3 is 2.50 bits per heavy atom. The van der Waals surface area contributed by atoms with Crippen LogP contribution in [0, 0.1) is 11.7 Å². The largest absolute Gasteiger partial charge is 0.339 e. The first-order chi connectivity index (χ1) is 15.5. The van der Waals surface area contributed by atoms with E-state index in [9.17, 15) is 14.0 Å². The molecule has 0 aliphatic carbocycles. The van der Waals surface area contributed by atoms with Crippen molar-refractivity contribution in [2.75, 3.05) is 31.2 Å². The highest BCUT2D eigenvalue weighted by Gasteiger charge is 2.50. The number of anilines is 1. The molecule has 2 aliphatic heterocycles. The second kappa shape index (κ2) is 8.09. The van der Waals surface area contributed by atoms with Gasteiger partial charge in [0.15, 0.2) is 0 Å². The van der Waals surface area contributed by atoms with Gasteiger partial charge in [-0.3, -0.25) is 9.36 Å². The van der Waals surface area contributed by atoms with Gasteiger partial charge >= 0.3 is 5.69 Å². The Morgan fingerprint density at radius 1 is 1.03 bits per heavy atom. The number of nitrogens with zero attached hydrogens (tertiary/aromatic N) is 3. The molecule has 1 spiro atoms. The highest BCUT2D eigenvalue weighted by molar-refractivity contribution is 5.93. The van der Waals surface area contributed by atoms with Crippen molar-refractivity contribution < 1.29 is 9.18 Å². The number of H-pyrrole nitrogens is 1. The summed E-state index contributed by atoms with van der Waals surface area (Å²) < 4.78 is 15.2. The Kier molecular flexibility index (Phi) is 5.25. The molecule has 8 heteroatoms. The molecule has 32 heavy (non-hydrogen) atoms. The lowest BCUT2D eigenvalue weighted by Crippen LogP contribution is -2.56. The van der Waals surface area contributed by atoms with Gasteiger partial charge in [-0.15, -0.1) is 0 Å². The summed E-state index contributed by atoms with van der Waals surface area (Å²) >= 11 is 0. The second-order valence-electron chi connectivity index (χ2n) is 9.06. The first kappa shape index (κ1) is 20.8. The molecule has 5 rings (SSSR count). The van der Waals surface area contributed by atoms with Crippen molar-refractivity contribution >= 4 is 22.6 Å². The van der Waals surface area contributed by atoms with Crippen molar-refractivity contribution in [3.63, 3.8) is 0 Å². The molecule has 7 nitrogen and oxygen atoms in total. The number of amides is 1. The van der Waals surface area contributed by atoms with Crippen LogP contribution in [0.15, 0.2) is 53.3 Å². The fraction of sp³-hybridized carbons (Fsp3) is 0.417. The van der Waals surface area contributed by atoms with E-state index >= 15 is 0 Å². The topological polar surface area (TPSA) is 73.4 Å². The van der Waals surface area contributed by atoms with Crippen LogP contribution >= 0.6 is 0 Å². The van der Waals surface area contributed by atoms with Crippen LogP contribution in [-0.2, 0) is 11.3 Å². The lowest BCUT2D eigenvalue weighted by atomic mass is 9.85. The molecule has 1 unspecified atom stereocenters. The van der Waals surface area contributed by atoms with E-state index in [1.54, 1.807) is 12.1 Å². The number of benzene rings is 2. The van der Waals surface area contributed by atoms with E-state index in [0.29, 0.717) is 13.2 Å². The van der Waals surface area contributed by atoms with E-state index in [-0.39, 0.29) is 23.3 Å². The Hall–Kier alpha value is -3.13. The molecule has 2 saturated heterocycles. The molecule has 2 aliphatic rings. The third-order valence-corrected chi connectivity index (χ3v) is 6.90. The Bertz CT molecular complexity index is 1180. The lowest BCUT2D eigenvalue weighted by molar-refractivity contribution is -0.125. The zero-order valence-corrected chi connectivity index (χ0v) is 18.2. The molecular formula is C24H28FN5O2. The highest BCUT2D eigenvalue weighted by Crippen LogP contribution is 2.36. The van der Waals surface area contributed by atoms with Crippen molar-refractivity contribution in [3.8, 4) is 0 Å². The normalized spacial score (nSPS) is 19.6. The van der Waals surface area contributed by atoms with Gasteiger partial charge in [0.05, 0.1) is 17.7 Å². The molecule has 2 fully saturated rings. The SMILES string of the molecule is CC(CN1CCC2(CC1)C(=O)NCN2c1ccc(F)cc1)Cn1c(=O)[nH]c2ccccc21. The van der Waals surface area contributed by atoms with Crippen LogP contribution < -0.4 is 15.9 Å². The summed E-state index contributed by atoms with van der Waals surface area (Å²) in [5.41, 5.74) is 2.00. The molecule has 1 aromatic heterocycles. The van der Waals surface area contributed by atoms with Crippen molar-refractivity contribution in [1.29, 1.82) is 0 Å². The Labute approximate surface area is 185 Å². The lowest BCUT2D eigenvalue weighted by Gasteiger charge is -2.43. The summed E-state index contributed by atoms with van der Waals surface area (Å²) in [7, 11) is 0. The van der Waals surface area contributed by atoms with Crippen molar-refractivity contribution in [2.24, 2.45) is 5.92 Å². The molecule has 3 aromatic rings. The van der Waals surface area contributed by atoms with Gasteiger partial charge < -0.3 is 20.1 Å². The van der Waals surface area contributed by atoms with Gasteiger partial charge in [0, 0.05) is 31.9 Å². The standard InChI is InChI=1S/C24H28FN5O2/c1-17(15-29-21-5-3-2-4-20(21)27-23(29)32)14-28-12-10-24(11-13-28)22(31)26-16-30(24)19-8-6-18(25)7-9-19/h2-9,17H,10-16H2,1H3,(H,26,31)(H,27,32). The first-order valence-electron chi connectivity index (χ1n) is 11.2. The molecule has 1 atom stereocenters. The summed E-state index contributed by atoms with van der Waals surface area (Å²) in [5.74, 6) is 0.0610. The number of para-hydroxylation sites is 2. The molecule has 3 heterocycles. The smallest absolute Gasteiger partial charge is 0.326 e. The van der Waals surface area contributed by atoms with Gasteiger partial charge in [0.2, 0.25) is 5.91 Å². The Morgan fingerprint density at radius 2 is 1.75 bits per heavy atom. The number of carbonyl (C=O) groups excluding carboxylic acids is 1. The number of carbonyl (C=O) groups is 1. The van der Waals surface area contributed by atoms with Gasteiger partial charge in [-0.05, 0) is 55.2 Å². The molecule has 0 saturated carbocycles. The zero-order valence-electron chi connectivity index (χ0n) is 18.2. The van der Waals surface area contributed by atoms with E-state index in [4.69, 9.17) is 0 Å². The quantitative estimate of drug-likeness (QED) is 0.644. The summed E-state index contributed by atoms with van der Waals surface area (Å²) in [6, 6.07) is 14.1. The molecule has 0 bridgehead atoms. The number of imidazole rings is 1. The number of hydrogen-bond donors (Lipinski definition) is 2. The minimum Gasteiger partial charge on any atom is -0.339 e. The predicted octanol–water partition coefficient (Wildman–Crippen LogP) is 2.53. The summed E-state index contributed by atoms with van der Waals surface area (Å²) in [5, 5.41) is 2.99. The van der Waals surface area contributed by atoms with Crippen molar-refractivity contribution in [2.45, 2.75) is 31.8 Å². The number of fused-ring (bicyclic) bond motifs is 1. The molecule has 1 amide bonds. The van der Waals surface area contributed by atoms with Crippen LogP contribution in [0.25, 0.3) is 11.0 Å². The predicted molar refractivity (Wildman–Crippen MR) is 122 cm³/mol. The van der Waals surface area contributed by atoms with Crippen LogP contribution in [0.2, 0.25) is 0 Å². The van der Waals surface area contributed by atoms with Crippen LogP contribution in [0.4, 0.5) is 10.1 Å². The number of likely N-dealkylation sites (tertiary alicyclic amines) is 1. The van der Waals surface area contributed by atoms with Gasteiger partial charge in [0.1, 0.15) is 11.4 Å². The van der Waals surface area contributed by atoms with Crippen molar-refractivity contribution in [3.05, 3.63) is 64.8 Å². The Balaban J connectivity index is 1.25. The minimum absolute atomic E-state index is 0.0554. The van der Waals surface area contributed by atoms with Crippen molar-refractivity contribution in [1.82, 2.24) is 19.8 Å². The average Bonchev–Trinajstić information content (AvgIpc) is 3.27. The number of halogens is 1. The van der Waals surface area contributed by atoms with E-state index in [1.165, 1.54) is 12.1 Å². The number of aromatic amines is 1. The average molecular weight is 438 g/mol. The van der Waals surface area contributed by atoms with E-state index in [0.717, 1.165) is 49.2 Å². The maximum absolute atomic E-state index is 13.4. The third-order valence-electron chi connectivity index (χ3n) is 6.90. The van der Waals surface area contributed by atoms with Gasteiger partial charge in [-0.25, -0.2) is 9.18 Å². The minimum atomic E-state index is -0.578. The van der Waals surface area contributed by atoms with E-state index < -0.39 is 5.54 Å². The van der Waals surface area contributed by atoms with Crippen LogP contribution in [0.1, 0.15) is 19.8 Å². The fourth-order valence-corrected chi connectivity index (χ4v) is 5.25. The first-order valence-corrected chi connectivity index (χ1v) is 11.2. The van der Waals surface area contributed by atoms with Gasteiger partial charge in [-0.1, -0.05) is 19.1 Å². The second-order valence-corrected chi connectivity index (χ2v) is 9.06.